The second-order valence-corrected chi connectivity index (χ2v) is 7.85. The normalized spacial score (nSPS) is 11.7. The van der Waals surface area contributed by atoms with Crippen LogP contribution in [-0.2, 0) is 0 Å². The quantitative estimate of drug-likeness (QED) is 0.314. The zero-order chi connectivity index (χ0) is 19.9. The largest absolute Gasteiger partial charge is 0.497 e. The highest BCUT2D eigenvalue weighted by Crippen LogP contribution is 2.44. The molecule has 0 saturated carbocycles. The number of thioether (sulfide) groups is 1. The molecule has 1 unspecified atom stereocenters. The number of Topliss-reactive ketones (excluding diaryl/α,β-unsaturated/α-hetero) is 1. The van der Waals surface area contributed by atoms with Crippen LogP contribution in [0.25, 0.3) is 0 Å². The standard InChI is InChI=1S/C23H21ClO3S/c1-26-19-12-13-21(27-2)23(14-19)28-22(17-8-10-18(24)11-9-17)15-20(25)16-6-4-3-5-7-16/h3-14,22H,15H2,1-2H3. The Balaban J connectivity index is 1.92. The Bertz CT molecular complexity index is 926. The van der Waals surface area contributed by atoms with Crippen molar-refractivity contribution in [3.63, 3.8) is 0 Å². The molecular formula is C23H21ClO3S. The number of ether oxygens (including phenoxy) is 2. The van der Waals surface area contributed by atoms with E-state index in [1.807, 2.05) is 72.8 Å². The van der Waals surface area contributed by atoms with Crippen LogP contribution in [0.3, 0.4) is 0 Å². The van der Waals surface area contributed by atoms with E-state index >= 15 is 0 Å². The summed E-state index contributed by atoms with van der Waals surface area (Å²) in [5, 5.41) is 0.576. The Morgan fingerprint density at radius 2 is 1.68 bits per heavy atom. The molecule has 0 N–H and O–H groups in total. The molecule has 5 heteroatoms. The van der Waals surface area contributed by atoms with E-state index in [1.165, 1.54) is 0 Å². The molecule has 0 bridgehead atoms. The maximum atomic E-state index is 12.9. The van der Waals surface area contributed by atoms with Gasteiger partial charge in [0.05, 0.1) is 19.1 Å². The number of methoxy groups -OCH3 is 2. The minimum Gasteiger partial charge on any atom is -0.497 e. The Labute approximate surface area is 174 Å². The molecule has 0 fully saturated rings. The molecule has 144 valence electrons. The smallest absolute Gasteiger partial charge is 0.164 e. The molecule has 0 aliphatic heterocycles. The Hall–Kier alpha value is -2.43. The Kier molecular flexibility index (Phi) is 7.01. The maximum absolute atomic E-state index is 12.9. The lowest BCUT2D eigenvalue weighted by atomic mass is 10.0. The highest BCUT2D eigenvalue weighted by molar-refractivity contribution is 7.99. The highest BCUT2D eigenvalue weighted by atomic mass is 35.5. The summed E-state index contributed by atoms with van der Waals surface area (Å²) in [5.74, 6) is 1.58. The lowest BCUT2D eigenvalue weighted by molar-refractivity contribution is 0.0982. The summed E-state index contributed by atoms with van der Waals surface area (Å²) in [6.07, 6.45) is 0.358. The number of hydrogen-bond acceptors (Lipinski definition) is 4. The molecule has 1 atom stereocenters. The lowest BCUT2D eigenvalue weighted by Gasteiger charge is -2.19. The van der Waals surface area contributed by atoms with Crippen molar-refractivity contribution in [1.82, 2.24) is 0 Å². The van der Waals surface area contributed by atoms with Gasteiger partial charge in [-0.3, -0.25) is 4.79 Å². The van der Waals surface area contributed by atoms with Gasteiger partial charge in [-0.25, -0.2) is 0 Å². The van der Waals surface area contributed by atoms with Crippen molar-refractivity contribution >= 4 is 29.1 Å². The molecular weight excluding hydrogens is 392 g/mol. The monoisotopic (exact) mass is 412 g/mol. The van der Waals surface area contributed by atoms with E-state index in [2.05, 4.69) is 0 Å². The minimum atomic E-state index is -0.0917. The van der Waals surface area contributed by atoms with Gasteiger partial charge in [-0.1, -0.05) is 54.1 Å². The topological polar surface area (TPSA) is 35.5 Å². The predicted molar refractivity (Wildman–Crippen MR) is 115 cm³/mol. The first-order chi connectivity index (χ1) is 13.6. The van der Waals surface area contributed by atoms with E-state index in [4.69, 9.17) is 21.1 Å². The summed E-state index contributed by atoms with van der Waals surface area (Å²) in [5.41, 5.74) is 1.74. The summed E-state index contributed by atoms with van der Waals surface area (Å²) in [6.45, 7) is 0. The third-order valence-electron chi connectivity index (χ3n) is 4.35. The van der Waals surface area contributed by atoms with Crippen molar-refractivity contribution < 1.29 is 14.3 Å². The van der Waals surface area contributed by atoms with E-state index in [1.54, 1.807) is 26.0 Å². The van der Waals surface area contributed by atoms with Crippen molar-refractivity contribution in [3.05, 3.63) is 88.9 Å². The van der Waals surface area contributed by atoms with Crippen LogP contribution in [0.1, 0.15) is 27.6 Å². The van der Waals surface area contributed by atoms with Crippen molar-refractivity contribution in [2.75, 3.05) is 14.2 Å². The van der Waals surface area contributed by atoms with Crippen molar-refractivity contribution in [1.29, 1.82) is 0 Å². The molecule has 0 amide bonds. The summed E-state index contributed by atoms with van der Waals surface area (Å²) in [7, 11) is 3.27. The summed E-state index contributed by atoms with van der Waals surface area (Å²) in [4.78, 5) is 13.8. The molecule has 0 aliphatic rings. The fourth-order valence-corrected chi connectivity index (χ4v) is 4.26. The van der Waals surface area contributed by atoms with E-state index < -0.39 is 0 Å². The number of rotatable bonds is 8. The van der Waals surface area contributed by atoms with Crippen LogP contribution in [0.5, 0.6) is 11.5 Å². The number of ketones is 1. The predicted octanol–water partition coefficient (Wildman–Crippen LogP) is 6.46. The average molecular weight is 413 g/mol. The van der Waals surface area contributed by atoms with Crippen LogP contribution < -0.4 is 9.47 Å². The molecule has 0 aliphatic carbocycles. The zero-order valence-corrected chi connectivity index (χ0v) is 17.3. The first-order valence-electron chi connectivity index (χ1n) is 8.83. The second kappa shape index (κ2) is 9.67. The van der Waals surface area contributed by atoms with Crippen LogP contribution in [-0.4, -0.2) is 20.0 Å². The number of hydrogen-bond donors (Lipinski definition) is 0. The van der Waals surface area contributed by atoms with E-state index in [-0.39, 0.29) is 11.0 Å². The molecule has 3 nitrogen and oxygen atoms in total. The van der Waals surface area contributed by atoms with Gasteiger partial charge in [0.25, 0.3) is 0 Å². The van der Waals surface area contributed by atoms with Gasteiger partial charge in [0.15, 0.2) is 5.78 Å². The molecule has 0 saturated heterocycles. The molecule has 3 rings (SSSR count). The molecule has 0 spiro atoms. The number of halogens is 1. The number of carbonyl (C=O) groups is 1. The molecule has 28 heavy (non-hydrogen) atoms. The van der Waals surface area contributed by atoms with Crippen molar-refractivity contribution in [2.24, 2.45) is 0 Å². The van der Waals surface area contributed by atoms with Crippen LogP contribution >= 0.6 is 23.4 Å². The van der Waals surface area contributed by atoms with Crippen LogP contribution in [0.4, 0.5) is 0 Å². The average Bonchev–Trinajstić information content (AvgIpc) is 2.74. The van der Waals surface area contributed by atoms with Crippen LogP contribution in [0.15, 0.2) is 77.7 Å². The second-order valence-electron chi connectivity index (χ2n) is 6.17. The molecule has 0 aromatic heterocycles. The van der Waals surface area contributed by atoms with Gasteiger partial charge in [0.1, 0.15) is 11.5 Å². The van der Waals surface area contributed by atoms with Gasteiger partial charge in [0, 0.05) is 22.3 Å². The Morgan fingerprint density at radius 1 is 0.964 bits per heavy atom. The Morgan fingerprint density at radius 3 is 2.32 bits per heavy atom. The third kappa shape index (κ3) is 5.09. The third-order valence-corrected chi connectivity index (χ3v) is 5.90. The summed E-state index contributed by atoms with van der Waals surface area (Å²) >= 11 is 7.64. The SMILES string of the molecule is COc1ccc(OC)c(SC(CC(=O)c2ccccc2)c2ccc(Cl)cc2)c1. The molecule has 0 heterocycles. The van der Waals surface area contributed by atoms with E-state index in [9.17, 15) is 4.79 Å². The zero-order valence-electron chi connectivity index (χ0n) is 15.7. The van der Waals surface area contributed by atoms with E-state index in [0.717, 1.165) is 22.0 Å². The van der Waals surface area contributed by atoms with Gasteiger partial charge < -0.3 is 9.47 Å². The van der Waals surface area contributed by atoms with E-state index in [0.29, 0.717) is 17.0 Å². The van der Waals surface area contributed by atoms with Gasteiger partial charge in [-0.15, -0.1) is 11.8 Å². The maximum Gasteiger partial charge on any atom is 0.164 e. The fourth-order valence-electron chi connectivity index (χ4n) is 2.84. The van der Waals surface area contributed by atoms with Crippen molar-refractivity contribution in [3.8, 4) is 11.5 Å². The summed E-state index contributed by atoms with van der Waals surface area (Å²) in [6, 6.07) is 22.6. The minimum absolute atomic E-state index is 0.0917. The first-order valence-corrected chi connectivity index (χ1v) is 10.1. The van der Waals surface area contributed by atoms with Crippen LogP contribution in [0.2, 0.25) is 5.02 Å². The lowest BCUT2D eigenvalue weighted by Crippen LogP contribution is -2.05. The fraction of sp³-hybridized carbons (Fsp3) is 0.174. The molecule has 0 radical (unpaired) electrons. The van der Waals surface area contributed by atoms with Crippen molar-refractivity contribution in [2.45, 2.75) is 16.6 Å². The number of benzene rings is 3. The summed E-state index contributed by atoms with van der Waals surface area (Å²) < 4.78 is 10.9. The highest BCUT2D eigenvalue weighted by Gasteiger charge is 2.21. The van der Waals surface area contributed by atoms with Gasteiger partial charge in [-0.2, -0.15) is 0 Å². The molecule has 3 aromatic carbocycles. The van der Waals surface area contributed by atoms with Gasteiger partial charge >= 0.3 is 0 Å². The molecule has 3 aromatic rings. The van der Waals surface area contributed by atoms with Crippen LogP contribution in [0, 0.1) is 0 Å². The van der Waals surface area contributed by atoms with Gasteiger partial charge in [0.2, 0.25) is 0 Å². The first kappa shape index (κ1) is 20.3. The number of carbonyl (C=O) groups excluding carboxylic acids is 1. The van der Waals surface area contributed by atoms with Gasteiger partial charge in [-0.05, 0) is 35.9 Å².